The molecule has 8 amide bonds. The number of fused-ring (bicyclic) bond motifs is 4. The van der Waals surface area contributed by atoms with Gasteiger partial charge < -0.3 is 46.2 Å². The minimum atomic E-state index is -0.481. The predicted octanol–water partition coefficient (Wildman–Crippen LogP) is 26.6. The SMILES string of the molecule is CC[C@@H](C)C(=O)N[C@H](C(=O)N1CCC[C@H]1c1nc2c(-c3ccc(C)cc3)cccc2s1)C1CCCCC1.CC[C@@H](C)C(=O)N[C@H](C(=O)N1CCC[C@H]1c1nc2c(-c3ccc(C)cc3)cccc2s1)C1CCCCC1.CC[C@@H](C)C(=O)N[C@H](C(=O)N1CCC[C@H]1c1nc2c(-c3ccccc3F)cccc2s1)C1CCCCC1.CN[C@@H](C)C(=O)N[C@H](C(=O)N1CCC[C@H]1c1nc2c(-c3cccc(C)c3)cccc2s1)C1CCCCC1. The Morgan fingerprint density at radius 3 is 0.885 bits per heavy atom. The van der Waals surface area contributed by atoms with Crippen molar-refractivity contribution in [3.8, 4) is 44.5 Å². The van der Waals surface area contributed by atoms with Gasteiger partial charge in [-0.25, -0.2) is 24.3 Å². The molecule has 0 radical (unpaired) electrons. The van der Waals surface area contributed by atoms with E-state index in [0.717, 1.165) is 281 Å². The van der Waals surface area contributed by atoms with Gasteiger partial charge in [-0.05, 0) is 227 Å². The molecule has 12 aromatic rings. The molecule has 21 nitrogen and oxygen atoms in total. The van der Waals surface area contributed by atoms with Crippen LogP contribution in [0.5, 0.6) is 0 Å². The molecule has 0 unspecified atom stereocenters. The topological polar surface area (TPSA) is 261 Å². The maximum absolute atomic E-state index is 14.6. The highest BCUT2D eigenvalue weighted by molar-refractivity contribution is 7.19. The number of rotatable bonds is 28. The van der Waals surface area contributed by atoms with Gasteiger partial charge in [0.2, 0.25) is 47.3 Å². The first-order valence-electron chi connectivity index (χ1n) is 55.5. The van der Waals surface area contributed by atoms with E-state index in [0.29, 0.717) is 18.7 Å². The number of carbonyl (C=O) groups is 8. The Bertz CT molecular complexity index is 6390. The standard InChI is InChI=1S/2C31H39N3O2S.C30H36FN3O2S.C30H38N4O2S/c2*1-4-21(3)29(35)32-27(23-10-6-5-7-11-23)31(36)34-19-9-13-25(34)30-33-28-24(12-8-14-26(28)37-30)22-17-15-20(2)16-18-22;1-3-19(2)28(35)32-26(20-11-5-4-6-12-20)30(36)34-18-10-16-24(34)29-33-27-22(14-9-17-25(27)37-29)21-13-7-8-15-23(21)31;1-19-10-7-13-22(18-19)23-14-8-16-25-27(23)33-29(37-25)24-15-9-17-34(24)30(36)26(21-11-5-4-6-12-21)32-28(35)20(2)31-3/h2*8,12,14-18,21,23,25,27H,4-7,9-11,13,19H2,1-3H3,(H,32,35);7-9,13-15,17,19-20,24,26H,3-6,10-12,16,18H2,1-2H3,(H,32,35);7-8,10,13-14,16,18,20-21,24,26,31H,4-6,9,11-12,15,17H2,1-3H3,(H,32,35)/t2*21-,25+,27+;19-,24+,26+;20-,24-,26-/m1110/s1. The number of halogens is 1. The van der Waals surface area contributed by atoms with E-state index < -0.39 is 24.2 Å². The summed E-state index contributed by atoms with van der Waals surface area (Å²) in [7, 11) is 1.77. The van der Waals surface area contributed by atoms with Gasteiger partial charge in [0, 0.05) is 71.8 Å². The van der Waals surface area contributed by atoms with Crippen LogP contribution < -0.4 is 26.6 Å². The normalized spacial score (nSPS) is 20.2. The number of amides is 8. The summed E-state index contributed by atoms with van der Waals surface area (Å²) in [5.74, 6) is 0.392. The summed E-state index contributed by atoms with van der Waals surface area (Å²) >= 11 is 6.69. The predicted molar refractivity (Wildman–Crippen MR) is 600 cm³/mol. The van der Waals surface area contributed by atoms with Crippen LogP contribution in [0.25, 0.3) is 85.4 Å². The summed E-state index contributed by atoms with van der Waals surface area (Å²) in [5.41, 5.74) is 15.7. The van der Waals surface area contributed by atoms with Crippen molar-refractivity contribution in [2.75, 3.05) is 33.2 Å². The minimum Gasteiger partial charge on any atom is -0.344 e. The van der Waals surface area contributed by atoms with Crippen molar-refractivity contribution in [1.82, 2.24) is 66.1 Å². The Hall–Kier alpha value is -11.0. The fourth-order valence-electron chi connectivity index (χ4n) is 23.4. The lowest BCUT2D eigenvalue weighted by Crippen LogP contribution is -2.55. The van der Waals surface area contributed by atoms with Crippen molar-refractivity contribution >= 4 is 133 Å². The third kappa shape index (κ3) is 25.2. The van der Waals surface area contributed by atoms with Crippen molar-refractivity contribution < 1.29 is 42.7 Å². The fraction of sp³-hybridized carbons (Fsp3) is 0.508. The number of likely N-dealkylation sites (tertiary alicyclic amines) is 4. The second-order valence-electron chi connectivity index (χ2n) is 43.1. The number of aromatic nitrogens is 4. The quantitative estimate of drug-likeness (QED) is 0.0306. The number of thiazole rings is 4. The van der Waals surface area contributed by atoms with Crippen LogP contribution in [0, 0.1) is 68.0 Å². The van der Waals surface area contributed by atoms with E-state index in [1.165, 1.54) is 54.0 Å². The van der Waals surface area contributed by atoms with Gasteiger partial charge in [0.1, 0.15) is 50.0 Å². The van der Waals surface area contributed by atoms with Crippen molar-refractivity contribution in [3.63, 3.8) is 0 Å². The van der Waals surface area contributed by atoms with E-state index in [9.17, 15) is 42.7 Å². The monoisotopic (exact) mass is 2070 g/mol. The van der Waals surface area contributed by atoms with Crippen molar-refractivity contribution in [2.45, 2.75) is 323 Å². The minimum absolute atomic E-state index is 0.00453. The molecule has 0 bridgehead atoms. The molecular weight excluding hydrogens is 1920 g/mol. The maximum atomic E-state index is 14.6. The van der Waals surface area contributed by atoms with Gasteiger partial charge in [-0.2, -0.15) is 0 Å². The van der Waals surface area contributed by atoms with E-state index in [1.807, 2.05) is 92.3 Å². The molecule has 4 saturated carbocycles. The number of nitrogens with one attached hydrogen (secondary N) is 5. The molecule has 784 valence electrons. The maximum Gasteiger partial charge on any atom is 0.246 e. The molecule has 4 aliphatic heterocycles. The number of benzene rings is 8. The summed E-state index contributed by atoms with van der Waals surface area (Å²) in [5, 5.41) is 19.6. The molecule has 8 fully saturated rings. The van der Waals surface area contributed by atoms with Crippen LogP contribution in [-0.4, -0.2) is 150 Å². The van der Waals surface area contributed by atoms with Crippen LogP contribution in [0.2, 0.25) is 0 Å². The summed E-state index contributed by atoms with van der Waals surface area (Å²) in [6.45, 7) is 22.8. The molecular formula is C122H152FN13O8S4. The first-order valence-corrected chi connectivity index (χ1v) is 58.8. The first kappa shape index (κ1) is 108. The highest BCUT2D eigenvalue weighted by Gasteiger charge is 2.47. The number of hydrogen-bond donors (Lipinski definition) is 5. The molecule has 26 heteroatoms. The number of hydrogen-bond acceptors (Lipinski definition) is 17. The fourth-order valence-corrected chi connectivity index (χ4v) is 28.0. The van der Waals surface area contributed by atoms with Crippen molar-refractivity contribution in [3.05, 3.63) is 212 Å². The zero-order chi connectivity index (χ0) is 104. The van der Waals surface area contributed by atoms with Gasteiger partial charge in [0.15, 0.2) is 0 Å². The van der Waals surface area contributed by atoms with Gasteiger partial charge in [-0.1, -0.05) is 275 Å². The molecule has 4 aromatic heterocycles. The molecule has 5 N–H and O–H groups in total. The smallest absolute Gasteiger partial charge is 0.246 e. The summed E-state index contributed by atoms with van der Waals surface area (Å²) < 4.78 is 19.1. The number of likely N-dealkylation sites (N-methyl/N-ethyl adjacent to an activating group) is 1. The molecule has 0 spiro atoms. The molecule has 8 heterocycles. The van der Waals surface area contributed by atoms with E-state index in [-0.39, 0.29) is 125 Å². The third-order valence-electron chi connectivity index (χ3n) is 33.0. The van der Waals surface area contributed by atoms with Gasteiger partial charge in [-0.15, -0.1) is 45.3 Å². The van der Waals surface area contributed by atoms with Gasteiger partial charge in [-0.3, -0.25) is 38.4 Å². The van der Waals surface area contributed by atoms with Gasteiger partial charge in [0.25, 0.3) is 0 Å². The molecule has 8 aliphatic rings. The number of carbonyl (C=O) groups excluding carboxylic acids is 8. The summed E-state index contributed by atoms with van der Waals surface area (Å²) in [6.07, 6.45) is 31.5. The molecule has 8 aromatic carbocycles. The Kier molecular flexibility index (Phi) is 37.1. The van der Waals surface area contributed by atoms with Crippen molar-refractivity contribution in [2.24, 2.45) is 41.4 Å². The van der Waals surface area contributed by atoms with Crippen LogP contribution in [0.15, 0.2) is 170 Å². The lowest BCUT2D eigenvalue weighted by atomic mass is 9.83. The lowest BCUT2D eigenvalue weighted by molar-refractivity contribution is -0.140. The van der Waals surface area contributed by atoms with Crippen LogP contribution >= 0.6 is 45.3 Å². The zero-order valence-electron chi connectivity index (χ0n) is 88.5. The Morgan fingerprint density at radius 2 is 0.588 bits per heavy atom. The highest BCUT2D eigenvalue weighted by Crippen LogP contribution is 2.48. The Balaban J connectivity index is 0.000000135. The van der Waals surface area contributed by atoms with E-state index in [4.69, 9.17) is 19.9 Å². The molecule has 12 atom stereocenters. The van der Waals surface area contributed by atoms with Crippen molar-refractivity contribution in [1.29, 1.82) is 0 Å². The number of aryl methyl sites for hydroxylation is 3. The van der Waals surface area contributed by atoms with Crippen LogP contribution in [0.3, 0.4) is 0 Å². The Morgan fingerprint density at radius 1 is 0.311 bits per heavy atom. The molecule has 4 aliphatic carbocycles. The highest BCUT2D eigenvalue weighted by atomic mass is 32.1. The summed E-state index contributed by atoms with van der Waals surface area (Å²) in [6, 6.07) is 55.1. The summed E-state index contributed by atoms with van der Waals surface area (Å²) in [4.78, 5) is 136. The average molecular weight is 2080 g/mol. The van der Waals surface area contributed by atoms with E-state index in [1.54, 1.807) is 64.5 Å². The second-order valence-corrected chi connectivity index (χ2v) is 47.4. The molecule has 20 rings (SSSR count). The van der Waals surface area contributed by atoms with Crippen LogP contribution in [0.1, 0.15) is 308 Å². The zero-order valence-corrected chi connectivity index (χ0v) is 91.8. The van der Waals surface area contributed by atoms with Crippen LogP contribution in [-0.2, 0) is 38.4 Å². The first-order chi connectivity index (χ1) is 71.8. The van der Waals surface area contributed by atoms with Crippen LogP contribution in [0.4, 0.5) is 4.39 Å². The van der Waals surface area contributed by atoms with Gasteiger partial charge in [0.05, 0.1) is 71.1 Å². The average Bonchev–Trinajstić information content (AvgIpc) is 1.63. The van der Waals surface area contributed by atoms with E-state index in [2.05, 4.69) is 175 Å². The van der Waals surface area contributed by atoms with Gasteiger partial charge >= 0.3 is 0 Å². The molecule has 4 saturated heterocycles. The second kappa shape index (κ2) is 50.7. The van der Waals surface area contributed by atoms with E-state index >= 15 is 0 Å². The third-order valence-corrected chi connectivity index (χ3v) is 37.5. The largest absolute Gasteiger partial charge is 0.344 e. The Labute approximate surface area is 890 Å². The number of nitrogens with zero attached hydrogens (tertiary/aromatic N) is 8. The molecule has 148 heavy (non-hydrogen) atoms. The lowest BCUT2D eigenvalue weighted by Gasteiger charge is -2.35. The number of para-hydroxylation sites is 4.